The Morgan fingerprint density at radius 2 is 1.16 bits per heavy atom. The molecule has 16 aromatic rings. The first kappa shape index (κ1) is 100.0. The molecule has 5 atom stereocenters. The highest BCUT2D eigenvalue weighted by molar-refractivity contribution is 7.89. The Bertz CT molecular complexity index is 7590. The van der Waals surface area contributed by atoms with Gasteiger partial charge in [-0.2, -0.15) is 9.03 Å². The summed E-state index contributed by atoms with van der Waals surface area (Å²) in [5.41, 5.74) is 15.6. The highest BCUT2D eigenvalue weighted by Crippen LogP contribution is 2.43. The third-order valence-electron chi connectivity index (χ3n) is 25.7. The standard InChI is InChI=1S/C32H32N4O3.C31H28N4O5.C27H27ClN2O2S.C22H28N2O3S/c1-21(2)24-14-16-25(17-15-24)33-32(38)35(20-27-11-8-18-39-27)23(4)30-34-29-13-6-5-12-28(29)31(37)36(30)26-10-7-9-22(3)19-26;1-19-11-12-20(2)27(16-19)34-29(32-26-10-6-5-9-25(26)31(34)37)22(4)33(18-24-8-7-15-40-24)30(36)23-14-13-21(3)28(17-23)35(38)39;1-27(2,3)19-10-14-21(15-11-19)33(31,32)30-17-16-23-22-6-4-5-7-24(22)29-25(23)26(30)18-8-12-20(28)13-9-18;1-15(2)21(24-28(26,27)18-13-11-16(3)12-14-18)22(25)23-20-10-6-8-17-7-4-5-9-19(17)20/h5-19,21,23H,20H2,1-4H3,(H,33,38);5-17,22H,18H2,1-4H3;4-15,26,29H,16-17H2,1-3H3;4-5,7,9,11-15,20-21,24H,6,8,10H2,1-3H3,(H,23,25). The molecular weight excluding hydrogens is 1820 g/mol. The van der Waals surface area contributed by atoms with Gasteiger partial charge in [0.25, 0.3) is 22.7 Å². The van der Waals surface area contributed by atoms with Crippen molar-refractivity contribution in [2.24, 2.45) is 5.92 Å². The highest BCUT2D eigenvalue weighted by Gasteiger charge is 2.41. The van der Waals surface area contributed by atoms with E-state index in [1.54, 1.807) is 129 Å². The van der Waals surface area contributed by atoms with Crippen molar-refractivity contribution in [3.05, 3.63) is 423 Å². The number of fused-ring (bicyclic) bond motifs is 6. The minimum absolute atomic E-state index is 0.0431. The molecule has 18 rings (SSSR count). The van der Waals surface area contributed by atoms with Crippen LogP contribution >= 0.6 is 11.6 Å². The summed E-state index contributed by atoms with van der Waals surface area (Å²) in [7, 11) is -7.51. The molecule has 1 aliphatic heterocycles. The predicted molar refractivity (Wildman–Crippen MR) is 551 cm³/mol. The number of urea groups is 1. The Kier molecular flexibility index (Phi) is 30.6. The molecule has 720 valence electrons. The average Bonchev–Trinajstić information content (AvgIpc) is 1.57. The maximum Gasteiger partial charge on any atom is 0.322 e. The van der Waals surface area contributed by atoms with Gasteiger partial charge < -0.3 is 34.3 Å². The summed E-state index contributed by atoms with van der Waals surface area (Å²) >= 11 is 6.15. The van der Waals surface area contributed by atoms with E-state index in [0.717, 1.165) is 74.8 Å². The summed E-state index contributed by atoms with van der Waals surface area (Å²) in [6.45, 7) is 28.0. The van der Waals surface area contributed by atoms with Crippen LogP contribution in [0.4, 0.5) is 16.2 Å². The number of sulfonamides is 2. The number of benzene rings is 11. The van der Waals surface area contributed by atoms with Gasteiger partial charge in [-0.3, -0.25) is 38.4 Å². The van der Waals surface area contributed by atoms with Gasteiger partial charge in [-0.15, -0.1) is 0 Å². The molecule has 1 aliphatic carbocycles. The van der Waals surface area contributed by atoms with Gasteiger partial charge in [-0.05, 0) is 269 Å². The second-order valence-electron chi connectivity index (χ2n) is 37.4. The minimum Gasteiger partial charge on any atom is -0.467 e. The molecule has 0 radical (unpaired) electrons. The number of amides is 4. The maximum atomic E-state index is 14.0. The topological polar surface area (TPSA) is 320 Å². The number of carbonyl (C=O) groups is 3. The van der Waals surface area contributed by atoms with E-state index < -0.39 is 55.0 Å². The number of aryl methyl sites for hydroxylation is 6. The first-order chi connectivity index (χ1) is 66.9. The quantitative estimate of drug-likeness (QED) is 0.0342. The van der Waals surface area contributed by atoms with Crippen LogP contribution in [-0.2, 0) is 56.2 Å². The van der Waals surface area contributed by atoms with Gasteiger partial charge in [0.1, 0.15) is 29.2 Å². The van der Waals surface area contributed by atoms with Gasteiger partial charge in [-0.25, -0.2) is 31.6 Å². The zero-order valence-corrected chi connectivity index (χ0v) is 83.2. The fraction of sp³-hybridized carbons (Fsp3) is 0.259. The van der Waals surface area contributed by atoms with Crippen LogP contribution in [0.3, 0.4) is 0 Å². The number of hydrogen-bond donors (Lipinski definition) is 4. The van der Waals surface area contributed by atoms with Gasteiger partial charge in [-0.1, -0.05) is 211 Å². The van der Waals surface area contributed by atoms with E-state index in [1.165, 1.54) is 33.9 Å². The summed E-state index contributed by atoms with van der Waals surface area (Å²) in [5.74, 6) is 1.43. The Morgan fingerprint density at radius 1 is 0.586 bits per heavy atom. The number of para-hydroxylation sites is 3. The smallest absolute Gasteiger partial charge is 0.322 e. The zero-order valence-electron chi connectivity index (χ0n) is 80.8. The van der Waals surface area contributed by atoms with Gasteiger partial charge in [0.2, 0.25) is 26.0 Å². The summed E-state index contributed by atoms with van der Waals surface area (Å²) in [6, 6.07) is 81.9. The molecule has 4 N–H and O–H groups in total. The molecule has 0 spiro atoms. The fourth-order valence-corrected chi connectivity index (χ4v) is 20.9. The first-order valence-electron chi connectivity index (χ1n) is 46.8. The molecule has 2 aliphatic rings. The van der Waals surface area contributed by atoms with Crippen LogP contribution in [0.2, 0.25) is 5.02 Å². The number of nitrogens with zero attached hydrogens (tertiary/aromatic N) is 8. The van der Waals surface area contributed by atoms with Crippen LogP contribution in [0, 0.1) is 50.7 Å². The van der Waals surface area contributed by atoms with E-state index in [4.69, 9.17) is 30.4 Å². The number of nitro benzene ring substituents is 1. The first-order valence-corrected chi connectivity index (χ1v) is 50.1. The largest absolute Gasteiger partial charge is 0.467 e. The molecular formula is C112H115ClN12O13S2. The third kappa shape index (κ3) is 22.4. The fourth-order valence-electron chi connectivity index (χ4n) is 17.8. The van der Waals surface area contributed by atoms with Crippen molar-refractivity contribution >= 4 is 93.6 Å². The summed E-state index contributed by atoms with van der Waals surface area (Å²) in [6.07, 6.45) is 6.62. The number of nitro groups is 1. The van der Waals surface area contributed by atoms with Crippen molar-refractivity contribution in [1.82, 2.24) is 48.2 Å². The number of aromatic amines is 1. The van der Waals surface area contributed by atoms with Crippen LogP contribution < -0.4 is 26.5 Å². The molecule has 5 aromatic heterocycles. The average molecular weight is 1940 g/mol. The number of carbonyl (C=O) groups excluding carboxylic acids is 3. The van der Waals surface area contributed by atoms with Gasteiger partial charge in [0, 0.05) is 51.0 Å². The third-order valence-corrected chi connectivity index (χ3v) is 29.3. The van der Waals surface area contributed by atoms with Crippen molar-refractivity contribution in [3.8, 4) is 11.4 Å². The number of H-pyrrole nitrogens is 1. The van der Waals surface area contributed by atoms with Crippen molar-refractivity contribution in [3.63, 3.8) is 0 Å². The second-order valence-corrected chi connectivity index (χ2v) is 41.4. The zero-order chi connectivity index (χ0) is 99.8. The van der Waals surface area contributed by atoms with Crippen LogP contribution in [0.25, 0.3) is 44.1 Å². The van der Waals surface area contributed by atoms with Crippen LogP contribution in [-0.4, -0.2) is 90.4 Å². The number of halogens is 1. The highest BCUT2D eigenvalue weighted by atomic mass is 35.5. The lowest BCUT2D eigenvalue weighted by Gasteiger charge is -2.35. The van der Waals surface area contributed by atoms with E-state index in [9.17, 15) is 50.9 Å². The van der Waals surface area contributed by atoms with E-state index in [-0.39, 0.29) is 69.7 Å². The molecule has 6 heterocycles. The number of hydrogen-bond acceptors (Lipinski definition) is 15. The minimum atomic E-state index is -3.78. The normalized spacial score (nSPS) is 14.4. The maximum absolute atomic E-state index is 14.0. The number of rotatable bonds is 23. The summed E-state index contributed by atoms with van der Waals surface area (Å²) in [4.78, 5) is 96.7. The molecule has 4 amide bonds. The lowest BCUT2D eigenvalue weighted by atomic mass is 9.87. The summed E-state index contributed by atoms with van der Waals surface area (Å²) < 4.78 is 71.9. The Morgan fingerprint density at radius 3 is 1.77 bits per heavy atom. The van der Waals surface area contributed by atoms with Gasteiger partial charge in [0.15, 0.2) is 0 Å². The van der Waals surface area contributed by atoms with Gasteiger partial charge in [0.05, 0.1) is 97.7 Å². The molecule has 0 bridgehead atoms. The Hall–Kier alpha value is -14.5. The lowest BCUT2D eigenvalue weighted by Crippen LogP contribution is -2.50. The molecule has 28 heteroatoms. The predicted octanol–water partition coefficient (Wildman–Crippen LogP) is 23.4. The van der Waals surface area contributed by atoms with Crippen molar-refractivity contribution in [1.29, 1.82) is 0 Å². The number of anilines is 1. The molecule has 11 aromatic carbocycles. The van der Waals surface area contributed by atoms with E-state index in [2.05, 4.69) is 67.1 Å². The van der Waals surface area contributed by atoms with Crippen LogP contribution in [0.1, 0.15) is 206 Å². The van der Waals surface area contributed by atoms with Crippen molar-refractivity contribution in [2.45, 2.75) is 187 Å². The lowest BCUT2D eigenvalue weighted by molar-refractivity contribution is -0.385. The number of furan rings is 2. The summed E-state index contributed by atoms with van der Waals surface area (Å²) in [5, 5.41) is 20.5. The molecule has 0 fully saturated rings. The Balaban J connectivity index is 0.000000142. The molecule has 0 saturated carbocycles. The Labute approximate surface area is 820 Å². The second kappa shape index (κ2) is 42.9. The molecule has 0 saturated heterocycles. The van der Waals surface area contributed by atoms with E-state index in [1.807, 2.05) is 218 Å². The molecule has 140 heavy (non-hydrogen) atoms. The van der Waals surface area contributed by atoms with Crippen molar-refractivity contribution < 1.29 is 45.0 Å². The monoisotopic (exact) mass is 1930 g/mol. The number of nitrogens with one attached hydrogen (secondary N) is 4. The van der Waals surface area contributed by atoms with Gasteiger partial charge >= 0.3 is 6.03 Å². The molecule has 25 nitrogen and oxygen atoms in total. The SMILES string of the molecule is CC(C)(C)c1ccc(S(=O)(=O)N2CCc3c([nH]c4ccccc34)C2c2ccc(Cl)cc2)cc1.Cc1ccc(C)c(-n2c(C(C)N(Cc3ccco3)C(=O)c3ccc(C)c([N+](=O)[O-])c3)nc3ccccc3c2=O)c1.Cc1ccc(S(=O)(=O)NC(C(=O)NC2CCCc3ccccc32)C(C)C)cc1.Cc1cccc(-n2c(C(C)N(Cc3ccco3)C(=O)Nc3ccc(C(C)C)cc3)nc3ccccc3c2=O)c1. The number of aromatic nitrogens is 5. The van der Waals surface area contributed by atoms with E-state index >= 15 is 0 Å². The van der Waals surface area contributed by atoms with Crippen molar-refractivity contribution in [2.75, 3.05) is 11.9 Å². The van der Waals surface area contributed by atoms with Crippen LogP contribution in [0.5, 0.6) is 0 Å². The van der Waals surface area contributed by atoms with E-state index in [0.29, 0.717) is 96.4 Å². The van der Waals surface area contributed by atoms with Crippen LogP contribution in [0.15, 0.2) is 320 Å². The molecule has 5 unspecified atom stereocenters.